The monoisotopic (exact) mass is 492 g/mol. The molecule has 1 heterocycles. The molecule has 0 spiro atoms. The van der Waals surface area contributed by atoms with Crippen LogP contribution in [0.4, 0.5) is 0 Å². The van der Waals surface area contributed by atoms with Crippen LogP contribution < -0.4 is 16.0 Å². The number of aliphatic imine (C=N–C) groups is 1. The summed E-state index contributed by atoms with van der Waals surface area (Å²) in [6, 6.07) is 3.80. The van der Waals surface area contributed by atoms with Crippen LogP contribution in [0.15, 0.2) is 27.8 Å². The number of furan rings is 1. The minimum Gasteiger partial charge on any atom is -0.466 e. The highest BCUT2D eigenvalue weighted by atomic mass is 127. The number of nitrogens with one attached hydrogen (secondary N) is 3. The molecule has 27 heavy (non-hydrogen) atoms. The van der Waals surface area contributed by atoms with Crippen molar-refractivity contribution in [3.8, 4) is 0 Å². The van der Waals surface area contributed by atoms with Crippen molar-refractivity contribution in [3.05, 3.63) is 24.2 Å². The van der Waals surface area contributed by atoms with Crippen LogP contribution in [0.3, 0.4) is 0 Å². The van der Waals surface area contributed by atoms with Crippen molar-refractivity contribution in [1.82, 2.24) is 16.0 Å². The minimum atomic E-state index is -1.18. The van der Waals surface area contributed by atoms with Crippen LogP contribution in [0.1, 0.15) is 58.1 Å². The van der Waals surface area contributed by atoms with E-state index in [9.17, 15) is 9.90 Å². The van der Waals surface area contributed by atoms with Gasteiger partial charge in [0, 0.05) is 25.6 Å². The molecule has 2 rings (SSSR count). The van der Waals surface area contributed by atoms with Crippen LogP contribution in [0.5, 0.6) is 0 Å². The van der Waals surface area contributed by atoms with Gasteiger partial charge < -0.3 is 25.5 Å². The molecule has 154 valence electrons. The zero-order valence-corrected chi connectivity index (χ0v) is 18.6. The van der Waals surface area contributed by atoms with E-state index in [-0.39, 0.29) is 36.4 Å². The summed E-state index contributed by atoms with van der Waals surface area (Å²) in [5.74, 6) is 1.12. The quantitative estimate of drug-likeness (QED) is 0.254. The molecule has 0 bridgehead atoms. The fourth-order valence-electron chi connectivity index (χ4n) is 3.08. The molecule has 0 radical (unpaired) electrons. The normalized spacial score (nSPS) is 17.5. The lowest BCUT2D eigenvalue weighted by atomic mass is 9.95. The molecule has 0 aliphatic heterocycles. The molecule has 4 N–H and O–H groups in total. The number of carbonyl (C=O) groups excluding carboxylic acids is 1. The SMILES string of the molecule is CCNC(=NCC(C)(O)c1ccco1)NCCC(=O)NC1CCCCC1.I. The number of hydrogen-bond donors (Lipinski definition) is 4. The van der Waals surface area contributed by atoms with E-state index < -0.39 is 5.60 Å². The van der Waals surface area contributed by atoms with Gasteiger partial charge in [-0.3, -0.25) is 4.79 Å². The Labute approximate surface area is 178 Å². The van der Waals surface area contributed by atoms with Crippen LogP contribution in [-0.2, 0) is 10.4 Å². The molecule has 1 aromatic heterocycles. The molecule has 1 aliphatic rings. The molecule has 1 aromatic rings. The van der Waals surface area contributed by atoms with Gasteiger partial charge in [0.05, 0.1) is 12.8 Å². The number of aliphatic hydroxyl groups is 1. The fraction of sp³-hybridized carbons (Fsp3) is 0.684. The molecular formula is C19H33IN4O3. The van der Waals surface area contributed by atoms with Crippen LogP contribution in [-0.4, -0.2) is 42.6 Å². The average molecular weight is 492 g/mol. The highest BCUT2D eigenvalue weighted by Crippen LogP contribution is 2.21. The van der Waals surface area contributed by atoms with Gasteiger partial charge in [-0.2, -0.15) is 0 Å². The highest BCUT2D eigenvalue weighted by molar-refractivity contribution is 14.0. The predicted octanol–water partition coefficient (Wildman–Crippen LogP) is 2.50. The molecule has 1 aliphatic carbocycles. The number of nitrogens with zero attached hydrogens (tertiary/aromatic N) is 1. The lowest BCUT2D eigenvalue weighted by Gasteiger charge is -2.23. The predicted molar refractivity (Wildman–Crippen MR) is 117 cm³/mol. The van der Waals surface area contributed by atoms with E-state index in [1.807, 2.05) is 6.92 Å². The minimum absolute atomic E-state index is 0. The van der Waals surface area contributed by atoms with Crippen molar-refractivity contribution in [2.75, 3.05) is 19.6 Å². The standard InChI is InChI=1S/C19H32N4O3.HI/c1-3-20-18(22-14-19(2,25)16-10-7-13-26-16)21-12-11-17(24)23-15-8-5-4-6-9-15;/h7,10,13,15,25H,3-6,8-9,11-12,14H2,1-2H3,(H,23,24)(H2,20,21,22);1H. The maximum absolute atomic E-state index is 12.1. The summed E-state index contributed by atoms with van der Waals surface area (Å²) in [4.78, 5) is 16.5. The Morgan fingerprint density at radius 2 is 2.07 bits per heavy atom. The third kappa shape index (κ3) is 8.50. The Morgan fingerprint density at radius 1 is 1.33 bits per heavy atom. The third-order valence-corrected chi connectivity index (χ3v) is 4.56. The molecule has 1 saturated carbocycles. The molecule has 1 unspecified atom stereocenters. The van der Waals surface area contributed by atoms with E-state index in [1.165, 1.54) is 25.5 Å². The Morgan fingerprint density at radius 3 is 2.70 bits per heavy atom. The second-order valence-electron chi connectivity index (χ2n) is 7.03. The summed E-state index contributed by atoms with van der Waals surface area (Å²) in [6.45, 7) is 4.98. The van der Waals surface area contributed by atoms with Gasteiger partial charge in [0.1, 0.15) is 11.4 Å². The van der Waals surface area contributed by atoms with Crippen LogP contribution in [0.2, 0.25) is 0 Å². The van der Waals surface area contributed by atoms with Crippen LogP contribution >= 0.6 is 24.0 Å². The number of halogens is 1. The first-order valence-corrected chi connectivity index (χ1v) is 9.59. The molecule has 8 heteroatoms. The first kappa shape index (κ1) is 23.7. The topological polar surface area (TPSA) is 98.9 Å². The molecular weight excluding hydrogens is 459 g/mol. The van der Waals surface area contributed by atoms with E-state index in [0.717, 1.165) is 12.8 Å². The Bertz CT molecular complexity index is 570. The first-order valence-electron chi connectivity index (χ1n) is 9.59. The number of carbonyl (C=O) groups is 1. The summed E-state index contributed by atoms with van der Waals surface area (Å²) < 4.78 is 5.26. The lowest BCUT2D eigenvalue weighted by molar-refractivity contribution is -0.121. The molecule has 1 fully saturated rings. The summed E-state index contributed by atoms with van der Waals surface area (Å²) >= 11 is 0. The number of rotatable bonds is 8. The number of hydrogen-bond acceptors (Lipinski definition) is 4. The summed E-state index contributed by atoms with van der Waals surface area (Å²) in [5.41, 5.74) is -1.18. The van der Waals surface area contributed by atoms with Gasteiger partial charge in [-0.25, -0.2) is 4.99 Å². The average Bonchev–Trinajstić information content (AvgIpc) is 3.16. The maximum atomic E-state index is 12.1. The van der Waals surface area contributed by atoms with Crippen molar-refractivity contribution in [2.24, 2.45) is 4.99 Å². The Kier molecular flexibility index (Phi) is 10.8. The molecule has 0 saturated heterocycles. The summed E-state index contributed by atoms with van der Waals surface area (Å²) in [5, 5.41) is 19.8. The van der Waals surface area contributed by atoms with E-state index in [2.05, 4.69) is 20.9 Å². The highest BCUT2D eigenvalue weighted by Gasteiger charge is 2.26. The molecule has 1 amide bonds. The Hall–Kier alpha value is -1.29. The van der Waals surface area contributed by atoms with Gasteiger partial charge >= 0.3 is 0 Å². The van der Waals surface area contributed by atoms with E-state index in [0.29, 0.717) is 37.3 Å². The van der Waals surface area contributed by atoms with Crippen molar-refractivity contribution in [3.63, 3.8) is 0 Å². The summed E-state index contributed by atoms with van der Waals surface area (Å²) in [6.07, 6.45) is 7.79. The second-order valence-corrected chi connectivity index (χ2v) is 7.03. The zero-order valence-electron chi connectivity index (χ0n) is 16.3. The largest absolute Gasteiger partial charge is 0.466 e. The van der Waals surface area contributed by atoms with Gasteiger partial charge in [0.25, 0.3) is 0 Å². The number of amides is 1. The van der Waals surface area contributed by atoms with Crippen LogP contribution in [0.25, 0.3) is 0 Å². The van der Waals surface area contributed by atoms with Crippen molar-refractivity contribution in [2.45, 2.75) is 64.0 Å². The van der Waals surface area contributed by atoms with E-state index >= 15 is 0 Å². The van der Waals surface area contributed by atoms with Crippen molar-refractivity contribution < 1.29 is 14.3 Å². The van der Waals surface area contributed by atoms with Crippen molar-refractivity contribution >= 4 is 35.8 Å². The molecule has 0 aromatic carbocycles. The van der Waals surface area contributed by atoms with E-state index in [1.54, 1.807) is 19.1 Å². The first-order chi connectivity index (χ1) is 12.5. The summed E-state index contributed by atoms with van der Waals surface area (Å²) in [7, 11) is 0. The van der Waals surface area contributed by atoms with Gasteiger partial charge in [0.15, 0.2) is 5.96 Å². The van der Waals surface area contributed by atoms with Gasteiger partial charge in [0.2, 0.25) is 5.91 Å². The zero-order chi connectivity index (χ0) is 18.8. The van der Waals surface area contributed by atoms with Gasteiger partial charge in [-0.15, -0.1) is 24.0 Å². The fourth-order valence-corrected chi connectivity index (χ4v) is 3.08. The maximum Gasteiger partial charge on any atom is 0.221 e. The number of guanidine groups is 1. The Balaban J connectivity index is 0.00000364. The van der Waals surface area contributed by atoms with Crippen molar-refractivity contribution in [1.29, 1.82) is 0 Å². The molecule has 7 nitrogen and oxygen atoms in total. The molecule has 1 atom stereocenters. The van der Waals surface area contributed by atoms with Gasteiger partial charge in [-0.05, 0) is 38.8 Å². The lowest BCUT2D eigenvalue weighted by Crippen LogP contribution is -2.42. The van der Waals surface area contributed by atoms with E-state index in [4.69, 9.17) is 4.42 Å². The van der Waals surface area contributed by atoms with Gasteiger partial charge in [-0.1, -0.05) is 19.3 Å². The third-order valence-electron chi connectivity index (χ3n) is 4.56. The van der Waals surface area contributed by atoms with Crippen LogP contribution in [0, 0.1) is 0 Å². The smallest absolute Gasteiger partial charge is 0.221 e. The second kappa shape index (κ2) is 12.2.